The van der Waals surface area contributed by atoms with Gasteiger partial charge in [0.1, 0.15) is 6.04 Å². The zero-order valence-corrected chi connectivity index (χ0v) is 19.3. The zero-order chi connectivity index (χ0) is 20.9. The van der Waals surface area contributed by atoms with Crippen LogP contribution in [0.25, 0.3) is 0 Å². The second-order valence-electron chi connectivity index (χ2n) is 7.94. The Balaban J connectivity index is 0. The van der Waals surface area contributed by atoms with Crippen LogP contribution in [-0.2, 0) is 9.59 Å². The van der Waals surface area contributed by atoms with Gasteiger partial charge < -0.3 is 10.4 Å². The number of carbonyl (C=O) groups is 2. The molecular formula is C23H46NNaO3S. The van der Waals surface area contributed by atoms with Gasteiger partial charge in [-0.15, -0.1) is 0 Å². The molecular weight excluding hydrogens is 393 g/mol. The van der Waals surface area contributed by atoms with Gasteiger partial charge in [-0.2, -0.15) is 11.8 Å². The Labute approximate surface area is 206 Å². The molecule has 0 aromatic rings. The van der Waals surface area contributed by atoms with Crippen LogP contribution in [0, 0.1) is 0 Å². The Morgan fingerprint density at radius 3 is 1.59 bits per heavy atom. The van der Waals surface area contributed by atoms with E-state index in [1.807, 2.05) is 6.26 Å². The average Bonchev–Trinajstić information content (AvgIpc) is 2.67. The van der Waals surface area contributed by atoms with E-state index < -0.39 is 12.0 Å². The number of hydrogen-bond donors (Lipinski definition) is 2. The van der Waals surface area contributed by atoms with Crippen molar-refractivity contribution in [2.45, 2.75) is 122 Å². The van der Waals surface area contributed by atoms with E-state index in [-0.39, 0.29) is 35.5 Å². The van der Waals surface area contributed by atoms with Crippen LogP contribution in [0.2, 0.25) is 0 Å². The number of carboxylic acids is 1. The molecule has 1 atom stereocenters. The Hall–Kier alpha value is 0.290. The summed E-state index contributed by atoms with van der Waals surface area (Å²) in [4.78, 5) is 23.0. The van der Waals surface area contributed by atoms with Crippen molar-refractivity contribution >= 4 is 53.2 Å². The first-order valence-electron chi connectivity index (χ1n) is 11.6. The Bertz CT molecular complexity index is 383. The van der Waals surface area contributed by atoms with E-state index in [0.717, 1.165) is 18.6 Å². The van der Waals surface area contributed by atoms with Crippen LogP contribution in [0.3, 0.4) is 0 Å². The van der Waals surface area contributed by atoms with Crippen LogP contribution in [0.4, 0.5) is 0 Å². The van der Waals surface area contributed by atoms with Gasteiger partial charge in [0.2, 0.25) is 5.91 Å². The molecule has 2 N–H and O–H groups in total. The molecule has 0 fully saturated rings. The van der Waals surface area contributed by atoms with Crippen molar-refractivity contribution in [3.8, 4) is 0 Å². The van der Waals surface area contributed by atoms with Gasteiger partial charge in [0.05, 0.1) is 0 Å². The molecule has 0 radical (unpaired) electrons. The van der Waals surface area contributed by atoms with Crippen LogP contribution in [0.15, 0.2) is 0 Å². The molecule has 0 aliphatic carbocycles. The average molecular weight is 440 g/mol. The molecule has 0 heterocycles. The second-order valence-corrected chi connectivity index (χ2v) is 8.93. The predicted molar refractivity (Wildman–Crippen MR) is 129 cm³/mol. The number of thioether (sulfide) groups is 1. The van der Waals surface area contributed by atoms with Crippen LogP contribution >= 0.6 is 11.8 Å². The van der Waals surface area contributed by atoms with Gasteiger partial charge in [-0.1, -0.05) is 96.8 Å². The van der Waals surface area contributed by atoms with E-state index in [4.69, 9.17) is 5.11 Å². The van der Waals surface area contributed by atoms with Gasteiger partial charge in [-0.3, -0.25) is 4.79 Å². The van der Waals surface area contributed by atoms with Gasteiger partial charge in [-0.05, 0) is 24.9 Å². The Morgan fingerprint density at radius 1 is 0.793 bits per heavy atom. The fraction of sp³-hybridized carbons (Fsp3) is 0.913. The fourth-order valence-corrected chi connectivity index (χ4v) is 3.89. The van der Waals surface area contributed by atoms with Gasteiger partial charge in [0.25, 0.3) is 0 Å². The summed E-state index contributed by atoms with van der Waals surface area (Å²) in [5.74, 6) is -0.307. The maximum atomic E-state index is 11.9. The van der Waals surface area contributed by atoms with E-state index in [2.05, 4.69) is 12.2 Å². The summed E-state index contributed by atoms with van der Waals surface area (Å²) in [6.45, 7) is 2.27. The van der Waals surface area contributed by atoms with Crippen LogP contribution in [0.5, 0.6) is 0 Å². The molecule has 4 nitrogen and oxygen atoms in total. The number of carbonyl (C=O) groups excluding carboxylic acids is 1. The molecule has 29 heavy (non-hydrogen) atoms. The number of amides is 1. The van der Waals surface area contributed by atoms with Crippen molar-refractivity contribution in [3.63, 3.8) is 0 Å². The van der Waals surface area contributed by atoms with Crippen molar-refractivity contribution in [2.75, 3.05) is 12.0 Å². The molecule has 0 saturated carbocycles. The van der Waals surface area contributed by atoms with Crippen molar-refractivity contribution in [1.82, 2.24) is 5.32 Å². The molecule has 0 aromatic carbocycles. The van der Waals surface area contributed by atoms with Gasteiger partial charge in [0, 0.05) is 6.42 Å². The topological polar surface area (TPSA) is 66.4 Å². The normalized spacial score (nSPS) is 11.7. The molecule has 0 spiro atoms. The number of nitrogens with one attached hydrogen (secondary N) is 1. The first-order chi connectivity index (χ1) is 13.6. The summed E-state index contributed by atoms with van der Waals surface area (Å²) in [7, 11) is 0. The molecule has 0 bridgehead atoms. The molecule has 1 unspecified atom stereocenters. The standard InChI is InChI=1S/C23H45NO3S.Na.H/c1-3-4-5-6-7-8-9-10-11-12-13-14-15-16-17-18-22(25)24-21(23(26)27)19-20-28-2;;/h21H,3-20H2,1-2H3,(H,24,25)(H,26,27);;. The van der Waals surface area contributed by atoms with Crippen LogP contribution in [-0.4, -0.2) is 64.6 Å². The third-order valence-electron chi connectivity index (χ3n) is 5.25. The molecule has 0 aliphatic heterocycles. The van der Waals surface area contributed by atoms with Gasteiger partial charge >= 0.3 is 35.5 Å². The third-order valence-corrected chi connectivity index (χ3v) is 5.90. The van der Waals surface area contributed by atoms with E-state index in [9.17, 15) is 9.59 Å². The first kappa shape index (κ1) is 31.5. The molecule has 6 heteroatoms. The minimum absolute atomic E-state index is 0. The molecule has 0 rings (SSSR count). The van der Waals surface area contributed by atoms with E-state index >= 15 is 0 Å². The monoisotopic (exact) mass is 439 g/mol. The molecule has 168 valence electrons. The quantitative estimate of drug-likeness (QED) is 0.172. The van der Waals surface area contributed by atoms with Crippen molar-refractivity contribution in [1.29, 1.82) is 0 Å². The number of hydrogen-bond acceptors (Lipinski definition) is 3. The Kier molecular flexibility index (Phi) is 26.7. The summed E-state index contributed by atoms with van der Waals surface area (Å²) < 4.78 is 0. The van der Waals surface area contributed by atoms with E-state index in [1.165, 1.54) is 83.5 Å². The summed E-state index contributed by atoms with van der Waals surface area (Å²) in [6, 6.07) is -0.740. The van der Waals surface area contributed by atoms with Crippen molar-refractivity contribution in [3.05, 3.63) is 0 Å². The third kappa shape index (κ3) is 22.8. The fourth-order valence-electron chi connectivity index (χ4n) is 3.42. The second kappa shape index (κ2) is 24.6. The van der Waals surface area contributed by atoms with E-state index in [0.29, 0.717) is 12.8 Å². The van der Waals surface area contributed by atoms with Gasteiger partial charge in [-0.25, -0.2) is 4.79 Å². The Morgan fingerprint density at radius 2 is 1.21 bits per heavy atom. The number of unbranched alkanes of at least 4 members (excludes halogenated alkanes) is 14. The van der Waals surface area contributed by atoms with Crippen molar-refractivity contribution in [2.24, 2.45) is 0 Å². The molecule has 0 aromatic heterocycles. The molecule has 0 aliphatic rings. The zero-order valence-electron chi connectivity index (χ0n) is 18.5. The summed E-state index contributed by atoms with van der Waals surface area (Å²) in [6.07, 6.45) is 22.4. The summed E-state index contributed by atoms with van der Waals surface area (Å²) in [5.41, 5.74) is 0. The number of rotatable bonds is 21. The maximum absolute atomic E-state index is 11.9. The summed E-state index contributed by atoms with van der Waals surface area (Å²) >= 11 is 1.60. The minimum atomic E-state index is -0.932. The predicted octanol–water partition coefficient (Wildman–Crippen LogP) is 5.92. The van der Waals surface area contributed by atoms with Crippen LogP contribution < -0.4 is 5.32 Å². The first-order valence-corrected chi connectivity index (χ1v) is 13.0. The number of aliphatic carboxylic acids is 1. The summed E-state index contributed by atoms with van der Waals surface area (Å²) in [5, 5.41) is 11.8. The number of carboxylic acid groups (broad SMARTS) is 1. The SMILES string of the molecule is CCCCCCCCCCCCCCCCCC(=O)NC(CCSC)C(=O)O.[NaH]. The van der Waals surface area contributed by atoms with E-state index in [1.54, 1.807) is 11.8 Å². The van der Waals surface area contributed by atoms with Crippen molar-refractivity contribution < 1.29 is 14.7 Å². The van der Waals surface area contributed by atoms with Crippen LogP contribution in [0.1, 0.15) is 116 Å². The molecule has 0 saturated heterocycles. The molecule has 1 amide bonds. The van der Waals surface area contributed by atoms with Gasteiger partial charge in [0.15, 0.2) is 0 Å².